The molecule has 0 aliphatic rings. The van der Waals surface area contributed by atoms with Gasteiger partial charge >= 0.3 is 17.8 Å². The Labute approximate surface area is 205 Å². The Morgan fingerprint density at radius 3 is 2.41 bits per heavy atom. The van der Waals surface area contributed by atoms with E-state index in [4.69, 9.17) is 32.7 Å². The van der Waals surface area contributed by atoms with Crippen LogP contribution in [0, 0.1) is 6.92 Å². The highest BCUT2D eigenvalue weighted by atomic mass is 35.5. The lowest BCUT2D eigenvalue weighted by Gasteiger charge is -2.10. The largest absolute Gasteiger partial charge is 0.493 e. The number of hydrogen-bond acceptors (Lipinski definition) is 6. The third-order valence-electron chi connectivity index (χ3n) is 4.52. The number of hydrazone groups is 1. The SMILES string of the molecule is COc1cc(/C=N\NC(=O)C(=O)Nc2ccccc2C)ccc1OC(=O)c1ccc(Cl)cc1Cl. The van der Waals surface area contributed by atoms with E-state index in [0.29, 0.717) is 16.3 Å². The topological polar surface area (TPSA) is 106 Å². The van der Waals surface area contributed by atoms with E-state index < -0.39 is 17.8 Å². The number of esters is 1. The maximum absolute atomic E-state index is 12.4. The molecule has 0 saturated heterocycles. The van der Waals surface area contributed by atoms with Gasteiger partial charge in [-0.1, -0.05) is 41.4 Å². The quantitative estimate of drug-likeness (QED) is 0.169. The van der Waals surface area contributed by atoms with Crippen LogP contribution >= 0.6 is 23.2 Å². The minimum atomic E-state index is -0.933. The van der Waals surface area contributed by atoms with E-state index in [1.807, 2.05) is 19.1 Å². The van der Waals surface area contributed by atoms with Crippen molar-refractivity contribution in [3.8, 4) is 11.5 Å². The molecule has 0 radical (unpaired) electrons. The number of carbonyl (C=O) groups excluding carboxylic acids is 3. The van der Waals surface area contributed by atoms with Crippen LogP contribution in [-0.4, -0.2) is 31.1 Å². The maximum Gasteiger partial charge on any atom is 0.345 e. The Kier molecular flexibility index (Phi) is 8.24. The summed E-state index contributed by atoms with van der Waals surface area (Å²) in [5.41, 5.74) is 4.16. The molecule has 0 heterocycles. The lowest BCUT2D eigenvalue weighted by molar-refractivity contribution is -0.136. The third-order valence-corrected chi connectivity index (χ3v) is 5.07. The van der Waals surface area contributed by atoms with Gasteiger partial charge in [-0.25, -0.2) is 10.2 Å². The number of methoxy groups -OCH3 is 1. The molecule has 10 heteroatoms. The predicted octanol–water partition coefficient (Wildman–Crippen LogP) is 4.62. The number of rotatable bonds is 6. The molecule has 0 spiro atoms. The molecule has 174 valence electrons. The number of nitrogens with zero attached hydrogens (tertiary/aromatic N) is 1. The first-order valence-corrected chi connectivity index (χ1v) is 10.6. The fraction of sp³-hybridized carbons (Fsp3) is 0.0833. The van der Waals surface area contributed by atoms with E-state index in [0.717, 1.165) is 5.56 Å². The molecular formula is C24H19Cl2N3O5. The van der Waals surface area contributed by atoms with Gasteiger partial charge < -0.3 is 14.8 Å². The minimum absolute atomic E-state index is 0.144. The Bertz CT molecular complexity index is 1280. The highest BCUT2D eigenvalue weighted by Crippen LogP contribution is 2.30. The number of ether oxygens (including phenoxy) is 2. The average molecular weight is 500 g/mol. The second-order valence-electron chi connectivity index (χ2n) is 6.89. The number of para-hydroxylation sites is 1. The van der Waals surface area contributed by atoms with Crippen molar-refractivity contribution in [2.45, 2.75) is 6.92 Å². The molecule has 0 aromatic heterocycles. The maximum atomic E-state index is 12.4. The van der Waals surface area contributed by atoms with E-state index in [2.05, 4.69) is 15.8 Å². The second kappa shape index (κ2) is 11.3. The van der Waals surface area contributed by atoms with Crippen LogP contribution in [0.3, 0.4) is 0 Å². The molecule has 2 amide bonds. The Morgan fingerprint density at radius 1 is 0.941 bits per heavy atom. The number of hydrogen-bond donors (Lipinski definition) is 2. The standard InChI is InChI=1S/C24H19Cl2N3O5/c1-14-5-3-4-6-19(14)28-22(30)23(31)29-27-13-15-7-10-20(21(11-15)33-2)34-24(32)17-9-8-16(25)12-18(17)26/h3-13H,1-2H3,(H,28,30)(H,29,31)/b27-13-. The normalized spacial score (nSPS) is 10.6. The first-order chi connectivity index (χ1) is 16.3. The summed E-state index contributed by atoms with van der Waals surface area (Å²) in [7, 11) is 1.40. The van der Waals surface area contributed by atoms with Crippen molar-refractivity contribution in [2.24, 2.45) is 5.10 Å². The molecule has 0 bridgehead atoms. The number of amides is 2. The number of aryl methyl sites for hydroxylation is 1. The van der Waals surface area contributed by atoms with Gasteiger partial charge in [-0.05, 0) is 60.5 Å². The van der Waals surface area contributed by atoms with E-state index >= 15 is 0 Å². The van der Waals surface area contributed by atoms with Crippen LogP contribution in [0.1, 0.15) is 21.5 Å². The number of carbonyl (C=O) groups is 3. The van der Waals surface area contributed by atoms with Gasteiger partial charge in [0, 0.05) is 10.7 Å². The predicted molar refractivity (Wildman–Crippen MR) is 130 cm³/mol. The zero-order chi connectivity index (χ0) is 24.7. The van der Waals surface area contributed by atoms with Crippen molar-refractivity contribution < 1.29 is 23.9 Å². The zero-order valence-electron chi connectivity index (χ0n) is 18.1. The van der Waals surface area contributed by atoms with Gasteiger partial charge in [-0.15, -0.1) is 0 Å². The fourth-order valence-corrected chi connectivity index (χ4v) is 3.25. The smallest absolute Gasteiger partial charge is 0.345 e. The summed E-state index contributed by atoms with van der Waals surface area (Å²) in [6, 6.07) is 16.1. The van der Waals surface area contributed by atoms with Crippen LogP contribution in [0.25, 0.3) is 0 Å². The van der Waals surface area contributed by atoms with Gasteiger partial charge in [0.05, 0.1) is 23.9 Å². The lowest BCUT2D eigenvalue weighted by Crippen LogP contribution is -2.32. The first kappa shape index (κ1) is 24.8. The molecule has 8 nitrogen and oxygen atoms in total. The number of benzene rings is 3. The Morgan fingerprint density at radius 2 is 1.71 bits per heavy atom. The molecule has 0 aliphatic carbocycles. The van der Waals surface area contributed by atoms with Crippen molar-refractivity contribution in [3.05, 3.63) is 87.4 Å². The molecular weight excluding hydrogens is 481 g/mol. The fourth-order valence-electron chi connectivity index (χ4n) is 2.77. The molecule has 3 aromatic carbocycles. The molecule has 2 N–H and O–H groups in total. The average Bonchev–Trinajstić information content (AvgIpc) is 2.81. The van der Waals surface area contributed by atoms with Gasteiger partial charge in [0.25, 0.3) is 0 Å². The van der Waals surface area contributed by atoms with E-state index in [1.54, 1.807) is 18.2 Å². The van der Waals surface area contributed by atoms with Crippen LogP contribution in [0.2, 0.25) is 10.0 Å². The second-order valence-corrected chi connectivity index (χ2v) is 7.74. The monoisotopic (exact) mass is 499 g/mol. The summed E-state index contributed by atoms with van der Waals surface area (Å²) in [6.07, 6.45) is 1.31. The van der Waals surface area contributed by atoms with E-state index in [-0.39, 0.29) is 22.1 Å². The molecule has 0 unspecified atom stereocenters. The molecule has 3 rings (SSSR count). The van der Waals surface area contributed by atoms with Crippen molar-refractivity contribution in [1.29, 1.82) is 0 Å². The van der Waals surface area contributed by atoms with Crippen molar-refractivity contribution in [3.63, 3.8) is 0 Å². The van der Waals surface area contributed by atoms with E-state index in [9.17, 15) is 14.4 Å². The first-order valence-electron chi connectivity index (χ1n) is 9.83. The van der Waals surface area contributed by atoms with Crippen LogP contribution in [0.4, 0.5) is 5.69 Å². The van der Waals surface area contributed by atoms with E-state index in [1.165, 1.54) is 43.7 Å². The van der Waals surface area contributed by atoms with Crippen molar-refractivity contribution >= 4 is 52.9 Å². The molecule has 0 aliphatic heterocycles. The minimum Gasteiger partial charge on any atom is -0.493 e. The van der Waals surface area contributed by atoms with Gasteiger partial charge in [-0.2, -0.15) is 5.10 Å². The van der Waals surface area contributed by atoms with Gasteiger partial charge in [0.2, 0.25) is 0 Å². The van der Waals surface area contributed by atoms with Crippen LogP contribution in [0.5, 0.6) is 11.5 Å². The molecule has 0 saturated carbocycles. The van der Waals surface area contributed by atoms with Crippen molar-refractivity contribution in [2.75, 3.05) is 12.4 Å². The van der Waals surface area contributed by atoms with Crippen LogP contribution in [-0.2, 0) is 9.59 Å². The third kappa shape index (κ3) is 6.34. The molecule has 34 heavy (non-hydrogen) atoms. The summed E-state index contributed by atoms with van der Waals surface area (Å²) in [5, 5.41) is 6.84. The summed E-state index contributed by atoms with van der Waals surface area (Å²) in [5.74, 6) is -2.08. The lowest BCUT2D eigenvalue weighted by atomic mass is 10.2. The number of nitrogens with one attached hydrogen (secondary N) is 2. The molecule has 0 atom stereocenters. The van der Waals surface area contributed by atoms with Gasteiger partial charge in [-0.3, -0.25) is 9.59 Å². The summed E-state index contributed by atoms with van der Waals surface area (Å²) >= 11 is 11.9. The Hall–Kier alpha value is -3.88. The zero-order valence-corrected chi connectivity index (χ0v) is 19.6. The summed E-state index contributed by atoms with van der Waals surface area (Å²) in [6.45, 7) is 1.81. The van der Waals surface area contributed by atoms with Gasteiger partial charge in [0.1, 0.15) is 0 Å². The summed E-state index contributed by atoms with van der Waals surface area (Å²) in [4.78, 5) is 36.5. The van der Waals surface area contributed by atoms with Gasteiger partial charge in [0.15, 0.2) is 11.5 Å². The molecule has 0 fully saturated rings. The molecule has 3 aromatic rings. The highest BCUT2D eigenvalue weighted by molar-refractivity contribution is 6.39. The van der Waals surface area contributed by atoms with Crippen LogP contribution in [0.15, 0.2) is 65.8 Å². The van der Waals surface area contributed by atoms with Crippen molar-refractivity contribution in [1.82, 2.24) is 5.43 Å². The number of anilines is 1. The highest BCUT2D eigenvalue weighted by Gasteiger charge is 2.16. The van der Waals surface area contributed by atoms with Crippen LogP contribution < -0.4 is 20.2 Å². The number of halogens is 2. The Balaban J connectivity index is 1.63. The summed E-state index contributed by atoms with van der Waals surface area (Å²) < 4.78 is 10.7.